The molecule has 6 heteroatoms. The summed E-state index contributed by atoms with van der Waals surface area (Å²) in [6.45, 7) is 1.26. The van der Waals surface area contributed by atoms with E-state index in [9.17, 15) is 9.59 Å². The lowest BCUT2D eigenvalue weighted by atomic mass is 10.2. The van der Waals surface area contributed by atoms with Crippen LogP contribution in [0.15, 0.2) is 24.3 Å². The molecule has 1 N–H and O–H groups in total. The fraction of sp³-hybridized carbons (Fsp3) is 0.308. The Morgan fingerprint density at radius 3 is 2.53 bits per heavy atom. The van der Waals surface area contributed by atoms with Crippen molar-refractivity contribution in [1.82, 2.24) is 0 Å². The molecule has 0 heterocycles. The number of hydrogen-bond acceptors (Lipinski definition) is 5. The van der Waals surface area contributed by atoms with Gasteiger partial charge in [0.15, 0.2) is 6.10 Å². The largest absolute Gasteiger partial charge is 0.451 e. The standard InChI is InChI=1S/C13H14N2O4/c1-9(19-12(16)8-18-2)13(17)15-11-5-3-10(7-14)4-6-11/h3-6,9H,8H2,1-2H3,(H,15,17)/t9-/m0/s1. The second-order valence-electron chi connectivity index (χ2n) is 3.74. The average molecular weight is 262 g/mol. The topological polar surface area (TPSA) is 88.4 Å². The summed E-state index contributed by atoms with van der Waals surface area (Å²) in [7, 11) is 1.36. The van der Waals surface area contributed by atoms with E-state index in [-0.39, 0.29) is 6.61 Å². The van der Waals surface area contributed by atoms with Crippen molar-refractivity contribution in [2.45, 2.75) is 13.0 Å². The van der Waals surface area contributed by atoms with Gasteiger partial charge in [-0.05, 0) is 31.2 Å². The van der Waals surface area contributed by atoms with Crippen LogP contribution < -0.4 is 5.32 Å². The fourth-order valence-electron chi connectivity index (χ4n) is 1.27. The van der Waals surface area contributed by atoms with Gasteiger partial charge >= 0.3 is 5.97 Å². The normalized spacial score (nSPS) is 11.2. The van der Waals surface area contributed by atoms with E-state index in [4.69, 9.17) is 10.00 Å². The molecule has 0 unspecified atom stereocenters. The molecule has 1 atom stereocenters. The van der Waals surface area contributed by atoms with Crippen molar-refractivity contribution in [3.63, 3.8) is 0 Å². The lowest BCUT2D eigenvalue weighted by Crippen LogP contribution is -2.31. The molecule has 1 aromatic rings. The van der Waals surface area contributed by atoms with Gasteiger partial charge in [0.05, 0.1) is 11.6 Å². The number of methoxy groups -OCH3 is 1. The third-order valence-corrected chi connectivity index (χ3v) is 2.22. The highest BCUT2D eigenvalue weighted by molar-refractivity contribution is 5.95. The van der Waals surface area contributed by atoms with Crippen molar-refractivity contribution >= 4 is 17.6 Å². The zero-order valence-corrected chi connectivity index (χ0v) is 10.7. The molecule has 0 saturated heterocycles. The highest BCUT2D eigenvalue weighted by Crippen LogP contribution is 2.09. The van der Waals surface area contributed by atoms with Crippen LogP contribution in [0.1, 0.15) is 12.5 Å². The molecular weight excluding hydrogens is 248 g/mol. The number of ether oxygens (including phenoxy) is 2. The van der Waals surface area contributed by atoms with Gasteiger partial charge in [-0.2, -0.15) is 5.26 Å². The van der Waals surface area contributed by atoms with Crippen molar-refractivity contribution in [2.24, 2.45) is 0 Å². The zero-order valence-electron chi connectivity index (χ0n) is 10.7. The maximum Gasteiger partial charge on any atom is 0.332 e. The number of nitrogens with zero attached hydrogens (tertiary/aromatic N) is 1. The summed E-state index contributed by atoms with van der Waals surface area (Å²) in [5.41, 5.74) is 1.02. The fourth-order valence-corrected chi connectivity index (χ4v) is 1.27. The Labute approximate surface area is 110 Å². The lowest BCUT2D eigenvalue weighted by molar-refractivity contribution is -0.156. The van der Waals surface area contributed by atoms with E-state index in [2.05, 4.69) is 10.1 Å². The van der Waals surface area contributed by atoms with E-state index in [0.717, 1.165) is 0 Å². The average Bonchev–Trinajstić information content (AvgIpc) is 2.39. The second-order valence-corrected chi connectivity index (χ2v) is 3.74. The van der Waals surface area contributed by atoms with Crippen LogP contribution in [0.25, 0.3) is 0 Å². The van der Waals surface area contributed by atoms with Crippen LogP contribution in [0.3, 0.4) is 0 Å². The van der Waals surface area contributed by atoms with Gasteiger partial charge in [-0.15, -0.1) is 0 Å². The molecule has 0 aliphatic carbocycles. The van der Waals surface area contributed by atoms with Gasteiger partial charge in [0, 0.05) is 12.8 Å². The maximum absolute atomic E-state index is 11.7. The molecule has 0 saturated carbocycles. The number of amides is 1. The quantitative estimate of drug-likeness (QED) is 0.802. The van der Waals surface area contributed by atoms with E-state index >= 15 is 0 Å². The molecule has 1 amide bonds. The van der Waals surface area contributed by atoms with Crippen molar-refractivity contribution in [1.29, 1.82) is 5.26 Å². The number of benzene rings is 1. The van der Waals surface area contributed by atoms with Crippen LogP contribution in [0, 0.1) is 11.3 Å². The highest BCUT2D eigenvalue weighted by Gasteiger charge is 2.17. The first-order valence-corrected chi connectivity index (χ1v) is 5.56. The smallest absolute Gasteiger partial charge is 0.332 e. The van der Waals surface area contributed by atoms with Crippen LogP contribution in [-0.4, -0.2) is 31.7 Å². The van der Waals surface area contributed by atoms with Gasteiger partial charge in [-0.1, -0.05) is 0 Å². The SMILES string of the molecule is COCC(=O)O[C@@H](C)C(=O)Nc1ccc(C#N)cc1. The summed E-state index contributed by atoms with van der Waals surface area (Å²) < 4.78 is 9.43. The highest BCUT2D eigenvalue weighted by atomic mass is 16.6. The van der Waals surface area contributed by atoms with E-state index in [1.165, 1.54) is 14.0 Å². The first kappa shape index (κ1) is 14.7. The van der Waals surface area contributed by atoms with Gasteiger partial charge in [-0.25, -0.2) is 4.79 Å². The van der Waals surface area contributed by atoms with E-state index in [0.29, 0.717) is 11.3 Å². The van der Waals surface area contributed by atoms with Crippen molar-refractivity contribution in [2.75, 3.05) is 19.0 Å². The van der Waals surface area contributed by atoms with Crippen molar-refractivity contribution < 1.29 is 19.1 Å². The van der Waals surface area contributed by atoms with Gasteiger partial charge in [0.2, 0.25) is 0 Å². The number of hydrogen-bond donors (Lipinski definition) is 1. The monoisotopic (exact) mass is 262 g/mol. The van der Waals surface area contributed by atoms with Crippen molar-refractivity contribution in [3.8, 4) is 6.07 Å². The van der Waals surface area contributed by atoms with Gasteiger partial charge in [0.25, 0.3) is 5.91 Å². The van der Waals surface area contributed by atoms with Gasteiger partial charge < -0.3 is 14.8 Å². The summed E-state index contributed by atoms with van der Waals surface area (Å²) in [6, 6.07) is 8.33. The molecule has 0 aliphatic rings. The summed E-state index contributed by atoms with van der Waals surface area (Å²) in [4.78, 5) is 22.8. The predicted molar refractivity (Wildman–Crippen MR) is 67.2 cm³/mol. The van der Waals surface area contributed by atoms with Crippen LogP contribution in [0.4, 0.5) is 5.69 Å². The third kappa shape index (κ3) is 4.77. The van der Waals surface area contributed by atoms with Crippen LogP contribution in [0.5, 0.6) is 0 Å². The molecule has 100 valence electrons. The molecule has 0 spiro atoms. The third-order valence-electron chi connectivity index (χ3n) is 2.22. The number of esters is 1. The molecule has 19 heavy (non-hydrogen) atoms. The van der Waals surface area contributed by atoms with Crippen LogP contribution >= 0.6 is 0 Å². The Morgan fingerprint density at radius 1 is 1.37 bits per heavy atom. The van der Waals surface area contributed by atoms with E-state index in [1.807, 2.05) is 6.07 Å². The summed E-state index contributed by atoms with van der Waals surface area (Å²) in [5.74, 6) is -1.06. The summed E-state index contributed by atoms with van der Waals surface area (Å²) in [6.07, 6.45) is -0.918. The predicted octanol–water partition coefficient (Wildman–Crippen LogP) is 1.07. The Morgan fingerprint density at radius 2 is 2.00 bits per heavy atom. The second kappa shape index (κ2) is 7.13. The lowest BCUT2D eigenvalue weighted by Gasteiger charge is -2.13. The molecule has 1 rings (SSSR count). The Kier molecular flexibility index (Phi) is 5.51. The Bertz CT molecular complexity index is 490. The first-order valence-electron chi connectivity index (χ1n) is 5.56. The van der Waals surface area contributed by atoms with Gasteiger partial charge in [0.1, 0.15) is 6.61 Å². The number of nitrogens with one attached hydrogen (secondary N) is 1. The molecule has 6 nitrogen and oxygen atoms in total. The number of anilines is 1. The van der Waals surface area contributed by atoms with Crippen LogP contribution in [0.2, 0.25) is 0 Å². The molecule has 0 aromatic heterocycles. The van der Waals surface area contributed by atoms with Crippen LogP contribution in [-0.2, 0) is 19.1 Å². The summed E-state index contributed by atoms with van der Waals surface area (Å²) in [5, 5.41) is 11.2. The Balaban J connectivity index is 2.53. The Hall–Kier alpha value is -2.39. The van der Waals surface area contributed by atoms with Gasteiger partial charge in [-0.3, -0.25) is 4.79 Å². The molecule has 0 radical (unpaired) electrons. The first-order chi connectivity index (χ1) is 9.06. The van der Waals surface area contributed by atoms with Crippen molar-refractivity contribution in [3.05, 3.63) is 29.8 Å². The summed E-state index contributed by atoms with van der Waals surface area (Å²) >= 11 is 0. The number of carbonyl (C=O) groups excluding carboxylic acids is 2. The molecule has 1 aromatic carbocycles. The minimum absolute atomic E-state index is 0.200. The minimum atomic E-state index is -0.918. The maximum atomic E-state index is 11.7. The molecule has 0 bridgehead atoms. The van der Waals surface area contributed by atoms with E-state index in [1.54, 1.807) is 24.3 Å². The minimum Gasteiger partial charge on any atom is -0.451 e. The molecular formula is C13H14N2O4. The number of rotatable bonds is 5. The number of carbonyl (C=O) groups is 2. The zero-order chi connectivity index (χ0) is 14.3. The molecule has 0 aliphatic heterocycles. The molecule has 0 fully saturated rings. The van der Waals surface area contributed by atoms with E-state index < -0.39 is 18.0 Å². The number of nitriles is 1.